The van der Waals surface area contributed by atoms with E-state index in [1.165, 1.54) is 27.6 Å². The molecule has 0 saturated heterocycles. The van der Waals surface area contributed by atoms with Crippen molar-refractivity contribution in [1.29, 1.82) is 0 Å². The number of hydrogen-bond acceptors (Lipinski definition) is 7. The van der Waals surface area contributed by atoms with Crippen molar-refractivity contribution >= 4 is 30.4 Å². The van der Waals surface area contributed by atoms with Crippen LogP contribution in [0, 0.1) is 0 Å². The van der Waals surface area contributed by atoms with E-state index in [9.17, 15) is 0 Å². The maximum Gasteiger partial charge on any atom is 0.100 e. The van der Waals surface area contributed by atoms with Gasteiger partial charge in [0.05, 0.1) is 74.4 Å². The van der Waals surface area contributed by atoms with E-state index in [2.05, 4.69) is 42.0 Å². The van der Waals surface area contributed by atoms with E-state index in [1.54, 1.807) is 0 Å². The molecule has 0 aliphatic heterocycles. The highest BCUT2D eigenvalue weighted by Crippen LogP contribution is 2.35. The summed E-state index contributed by atoms with van der Waals surface area (Å²) in [4.78, 5) is 0. The first-order chi connectivity index (χ1) is 12.5. The number of rotatable bonds is 17. The molecular weight excluding hydrogens is 471 g/mol. The molecule has 1 aliphatic carbocycles. The lowest BCUT2D eigenvalue weighted by Crippen LogP contribution is -2.19. The van der Waals surface area contributed by atoms with Crippen molar-refractivity contribution in [1.82, 2.24) is 0 Å². The molecule has 0 amide bonds. The Kier molecular flexibility index (Phi) is 14.4. The predicted octanol–water partition coefficient (Wildman–Crippen LogP) is 4.32. The van der Waals surface area contributed by atoms with Crippen molar-refractivity contribution in [3.05, 3.63) is 11.3 Å². The van der Waals surface area contributed by atoms with Crippen LogP contribution in [0.2, 0.25) is 0 Å². The van der Waals surface area contributed by atoms with Crippen molar-refractivity contribution in [2.24, 2.45) is 0 Å². The van der Waals surface area contributed by atoms with Crippen molar-refractivity contribution in [3.63, 3.8) is 0 Å². The zero-order valence-electron chi connectivity index (χ0n) is 16.2. The monoisotopic (exact) mass is 504 g/mol. The highest BCUT2D eigenvalue weighted by Gasteiger charge is 2.22. The zero-order chi connectivity index (χ0) is 19.1. The molecule has 0 aromatic heterocycles. The molecule has 1 fully saturated rings. The van der Waals surface area contributed by atoms with Gasteiger partial charge in [0.1, 0.15) is 5.60 Å². The van der Waals surface area contributed by atoms with Gasteiger partial charge >= 0.3 is 0 Å². The Hall–Kier alpha value is 0.420. The van der Waals surface area contributed by atoms with E-state index < -0.39 is 0 Å². The van der Waals surface area contributed by atoms with Gasteiger partial charge in [-0.15, -0.1) is 0 Å². The molecule has 0 unspecified atom stereocenters. The number of allylic oxidation sites excluding steroid dienone is 1. The van der Waals surface area contributed by atoms with Gasteiger partial charge in [0, 0.05) is 27.6 Å². The van der Waals surface area contributed by atoms with E-state index in [4.69, 9.17) is 27.9 Å². The Bertz CT molecular complexity index is 380. The lowest BCUT2D eigenvalue weighted by molar-refractivity contribution is -0.00677. The molecule has 0 atom stereocenters. The first-order valence-corrected chi connectivity index (χ1v) is 12.4. The second-order valence-electron chi connectivity index (χ2n) is 6.83. The topological polar surface area (TPSA) is 55.4 Å². The first kappa shape index (κ1) is 24.5. The van der Waals surface area contributed by atoms with Gasteiger partial charge in [-0.25, -0.2) is 0 Å². The van der Waals surface area contributed by atoms with Gasteiger partial charge in [-0.05, 0) is 39.2 Å². The minimum atomic E-state index is -0.138. The summed E-state index contributed by atoms with van der Waals surface area (Å²) >= 11 is 2.08. The number of halogens is 1. The number of ether oxygens (including phenoxy) is 5. The van der Waals surface area contributed by atoms with Gasteiger partial charge < -0.3 is 27.9 Å². The van der Waals surface area contributed by atoms with Crippen LogP contribution in [0.4, 0.5) is 0 Å². The minimum absolute atomic E-state index is 0.138. The van der Waals surface area contributed by atoms with E-state index in [0.717, 1.165) is 12.2 Å². The average molecular weight is 504 g/mol. The van der Waals surface area contributed by atoms with Gasteiger partial charge in [-0.3, -0.25) is 0 Å². The SMILES string of the molecule is CC(C)(C)OC(CCOCCOCCOCCOCCOSI)=C1CC1. The van der Waals surface area contributed by atoms with Gasteiger partial charge in [-0.2, -0.15) is 0 Å². The summed E-state index contributed by atoms with van der Waals surface area (Å²) in [5.41, 5.74) is 1.30. The molecule has 0 radical (unpaired) electrons. The molecule has 1 rings (SSSR count). The summed E-state index contributed by atoms with van der Waals surface area (Å²) < 4.78 is 33.0. The minimum Gasteiger partial charge on any atom is -0.492 e. The molecule has 0 aromatic carbocycles. The molecule has 154 valence electrons. The van der Waals surface area contributed by atoms with Gasteiger partial charge in [0.15, 0.2) is 0 Å². The molecule has 0 aromatic rings. The molecule has 0 heterocycles. The van der Waals surface area contributed by atoms with Crippen LogP contribution in [-0.2, 0) is 27.9 Å². The highest BCUT2D eigenvalue weighted by atomic mass is 127. The van der Waals surface area contributed by atoms with Gasteiger partial charge in [-0.1, -0.05) is 0 Å². The van der Waals surface area contributed by atoms with Crippen LogP contribution in [0.25, 0.3) is 0 Å². The van der Waals surface area contributed by atoms with Gasteiger partial charge in [0.25, 0.3) is 0 Å². The highest BCUT2D eigenvalue weighted by molar-refractivity contribution is 14.2. The molecule has 6 nitrogen and oxygen atoms in total. The summed E-state index contributed by atoms with van der Waals surface area (Å²) in [7, 11) is 1.32. The summed E-state index contributed by atoms with van der Waals surface area (Å²) in [6.45, 7) is 11.6. The third-order valence-electron chi connectivity index (χ3n) is 3.27. The lowest BCUT2D eigenvalue weighted by atomic mass is 10.2. The quantitative estimate of drug-likeness (QED) is 0.127. The molecular formula is C18H33IO6S. The summed E-state index contributed by atoms with van der Waals surface area (Å²) in [6.07, 6.45) is 3.19. The van der Waals surface area contributed by atoms with E-state index in [1.807, 2.05) is 0 Å². The zero-order valence-corrected chi connectivity index (χ0v) is 19.2. The van der Waals surface area contributed by atoms with Crippen LogP contribution in [0.1, 0.15) is 40.0 Å². The summed E-state index contributed by atoms with van der Waals surface area (Å²) in [6, 6.07) is 0. The maximum absolute atomic E-state index is 6.01. The van der Waals surface area contributed by atoms with E-state index in [0.29, 0.717) is 59.5 Å². The van der Waals surface area contributed by atoms with Crippen molar-refractivity contribution < 1.29 is 27.9 Å². The third-order valence-corrected chi connectivity index (χ3v) is 4.29. The smallest absolute Gasteiger partial charge is 0.100 e. The summed E-state index contributed by atoms with van der Waals surface area (Å²) in [5, 5.41) is 0. The second kappa shape index (κ2) is 15.4. The largest absolute Gasteiger partial charge is 0.492 e. The Morgan fingerprint density at radius 3 is 1.69 bits per heavy atom. The predicted molar refractivity (Wildman–Crippen MR) is 113 cm³/mol. The van der Waals surface area contributed by atoms with Crippen molar-refractivity contribution in [2.45, 2.75) is 45.6 Å². The fraction of sp³-hybridized carbons (Fsp3) is 0.889. The average Bonchev–Trinajstić information content (AvgIpc) is 3.41. The van der Waals surface area contributed by atoms with Gasteiger partial charge in [0.2, 0.25) is 0 Å². The molecule has 0 spiro atoms. The fourth-order valence-electron chi connectivity index (χ4n) is 2.06. The lowest BCUT2D eigenvalue weighted by Gasteiger charge is -2.23. The molecule has 0 bridgehead atoms. The molecule has 8 heteroatoms. The van der Waals surface area contributed by atoms with E-state index >= 15 is 0 Å². The normalized spacial score (nSPS) is 13.9. The van der Waals surface area contributed by atoms with Crippen LogP contribution in [-0.4, -0.2) is 65.1 Å². The van der Waals surface area contributed by atoms with Crippen LogP contribution >= 0.6 is 30.4 Å². The molecule has 1 aliphatic rings. The molecule has 26 heavy (non-hydrogen) atoms. The molecule has 0 N–H and O–H groups in total. The van der Waals surface area contributed by atoms with Crippen LogP contribution < -0.4 is 0 Å². The van der Waals surface area contributed by atoms with E-state index in [-0.39, 0.29) is 5.60 Å². The van der Waals surface area contributed by atoms with Crippen LogP contribution in [0.3, 0.4) is 0 Å². The molecule has 1 saturated carbocycles. The Morgan fingerprint density at radius 1 is 0.808 bits per heavy atom. The first-order valence-electron chi connectivity index (χ1n) is 9.14. The second-order valence-corrected chi connectivity index (χ2v) is 8.27. The standard InChI is InChI=1S/C18H33IO6S/c1-18(2,3)25-17(16-4-5-16)6-7-20-8-9-21-10-11-22-12-13-23-14-15-24-26-19/h4-15H2,1-3H3. The third kappa shape index (κ3) is 15.5. The maximum atomic E-state index is 6.01. The van der Waals surface area contributed by atoms with Crippen LogP contribution in [0.15, 0.2) is 11.3 Å². The van der Waals surface area contributed by atoms with Crippen LogP contribution in [0.5, 0.6) is 0 Å². The summed E-state index contributed by atoms with van der Waals surface area (Å²) in [5.74, 6) is 1.12. The Labute approximate surface area is 174 Å². The van der Waals surface area contributed by atoms with Crippen molar-refractivity contribution in [2.75, 3.05) is 59.5 Å². The Morgan fingerprint density at radius 2 is 1.27 bits per heavy atom. The fourth-order valence-corrected chi connectivity index (χ4v) is 2.73. The van der Waals surface area contributed by atoms with Crippen molar-refractivity contribution in [3.8, 4) is 0 Å². The Balaban J connectivity index is 1.83. The number of hydrogen-bond donors (Lipinski definition) is 0.